The molecule has 3 rings (SSSR count). The molecule has 19 heavy (non-hydrogen) atoms. The quantitative estimate of drug-likeness (QED) is 0.912. The van der Waals surface area contributed by atoms with E-state index in [4.69, 9.17) is 0 Å². The number of nitrogens with zero attached hydrogens (tertiary/aromatic N) is 1. The lowest BCUT2D eigenvalue weighted by Crippen LogP contribution is -2.39. The maximum atomic E-state index is 3.72. The van der Waals surface area contributed by atoms with Gasteiger partial charge in [0.2, 0.25) is 0 Å². The van der Waals surface area contributed by atoms with Gasteiger partial charge in [-0.3, -0.25) is 4.90 Å². The maximum absolute atomic E-state index is 3.72. The minimum absolute atomic E-state index is 0.636. The number of nitrogens with one attached hydrogen (secondary N) is 1. The number of rotatable bonds is 4. The van der Waals surface area contributed by atoms with Gasteiger partial charge in [0.05, 0.1) is 0 Å². The van der Waals surface area contributed by atoms with Crippen molar-refractivity contribution in [2.75, 3.05) is 19.6 Å². The summed E-state index contributed by atoms with van der Waals surface area (Å²) < 4.78 is 1.30. The first-order chi connectivity index (χ1) is 9.31. The van der Waals surface area contributed by atoms with Crippen LogP contribution in [0.15, 0.2) is 22.7 Å². The van der Waals surface area contributed by atoms with Gasteiger partial charge in [-0.25, -0.2) is 0 Å². The number of hydrogen-bond donors (Lipinski definition) is 1. The van der Waals surface area contributed by atoms with Crippen LogP contribution in [0.1, 0.15) is 43.4 Å². The molecule has 1 N–H and O–H groups in total. The first-order valence-electron chi connectivity index (χ1n) is 7.55. The van der Waals surface area contributed by atoms with Gasteiger partial charge in [0.25, 0.3) is 0 Å². The number of halogens is 1. The molecular weight excluding hydrogens is 300 g/mol. The molecule has 1 fully saturated rings. The Morgan fingerprint density at radius 2 is 2.26 bits per heavy atom. The summed E-state index contributed by atoms with van der Waals surface area (Å²) in [5.41, 5.74) is 3.11. The number of benzene rings is 1. The van der Waals surface area contributed by atoms with Gasteiger partial charge in [0, 0.05) is 23.1 Å². The molecule has 1 aliphatic carbocycles. The van der Waals surface area contributed by atoms with Crippen molar-refractivity contribution in [3.05, 3.63) is 33.8 Å². The Hall–Kier alpha value is -0.380. The Labute approximate surface area is 124 Å². The summed E-state index contributed by atoms with van der Waals surface area (Å²) in [6.45, 7) is 5.87. The Bertz CT molecular complexity index is 440. The van der Waals surface area contributed by atoms with Gasteiger partial charge in [0.15, 0.2) is 0 Å². The number of hydrogen-bond acceptors (Lipinski definition) is 2. The molecule has 1 heterocycles. The smallest absolute Gasteiger partial charge is 0.0357 e. The van der Waals surface area contributed by atoms with Crippen molar-refractivity contribution in [2.24, 2.45) is 0 Å². The van der Waals surface area contributed by atoms with Crippen LogP contribution < -0.4 is 5.32 Å². The average Bonchev–Trinajstić information content (AvgIpc) is 3.06. The average molecular weight is 323 g/mol. The molecule has 3 heteroatoms. The molecular formula is C16H23BrN2. The van der Waals surface area contributed by atoms with Gasteiger partial charge in [0.1, 0.15) is 0 Å². The first-order valence-corrected chi connectivity index (χ1v) is 8.34. The van der Waals surface area contributed by atoms with Gasteiger partial charge in [-0.2, -0.15) is 0 Å². The zero-order valence-corrected chi connectivity index (χ0v) is 13.2. The van der Waals surface area contributed by atoms with Crippen molar-refractivity contribution >= 4 is 15.9 Å². The fourth-order valence-corrected chi connectivity index (χ4v) is 4.29. The van der Waals surface area contributed by atoms with E-state index in [1.807, 2.05) is 0 Å². The molecule has 0 radical (unpaired) electrons. The monoisotopic (exact) mass is 322 g/mol. The van der Waals surface area contributed by atoms with Crippen LogP contribution in [0, 0.1) is 0 Å². The summed E-state index contributed by atoms with van der Waals surface area (Å²) in [6.07, 6.45) is 5.06. The predicted octanol–water partition coefficient (Wildman–Crippen LogP) is 3.51. The lowest BCUT2D eigenvalue weighted by atomic mass is 10.0. The van der Waals surface area contributed by atoms with Gasteiger partial charge in [-0.15, -0.1) is 0 Å². The standard InChI is InChI=1S/C16H23BrN2/c1-2-10-19(12-8-9-18-11-12)16-7-6-13-14(16)4-3-5-15(13)17/h3-5,12,16,18H,2,6-11H2,1H3. The summed E-state index contributed by atoms with van der Waals surface area (Å²) in [7, 11) is 0. The second-order valence-electron chi connectivity index (χ2n) is 5.75. The highest BCUT2D eigenvalue weighted by Crippen LogP contribution is 2.40. The van der Waals surface area contributed by atoms with Gasteiger partial charge >= 0.3 is 0 Å². The minimum atomic E-state index is 0.636. The van der Waals surface area contributed by atoms with Crippen LogP contribution in [0.2, 0.25) is 0 Å². The van der Waals surface area contributed by atoms with E-state index in [1.165, 1.54) is 49.8 Å². The molecule has 0 spiro atoms. The molecule has 2 nitrogen and oxygen atoms in total. The van der Waals surface area contributed by atoms with E-state index in [9.17, 15) is 0 Å². The first kappa shape index (κ1) is 13.6. The second kappa shape index (κ2) is 5.94. The topological polar surface area (TPSA) is 15.3 Å². The molecule has 1 saturated heterocycles. The second-order valence-corrected chi connectivity index (χ2v) is 6.60. The molecule has 1 aromatic rings. The summed E-state index contributed by atoms with van der Waals surface area (Å²) in [4.78, 5) is 2.76. The van der Waals surface area contributed by atoms with Gasteiger partial charge < -0.3 is 5.32 Å². The summed E-state index contributed by atoms with van der Waals surface area (Å²) in [5.74, 6) is 0. The van der Waals surface area contributed by atoms with Gasteiger partial charge in [-0.1, -0.05) is 35.0 Å². The Morgan fingerprint density at radius 1 is 1.37 bits per heavy atom. The molecule has 104 valence electrons. The van der Waals surface area contributed by atoms with E-state index < -0.39 is 0 Å². The van der Waals surface area contributed by atoms with Crippen molar-refractivity contribution in [1.82, 2.24) is 10.2 Å². The largest absolute Gasteiger partial charge is 0.315 e. The molecule has 0 bridgehead atoms. The third kappa shape index (κ3) is 2.61. The van der Waals surface area contributed by atoms with Crippen molar-refractivity contribution in [1.29, 1.82) is 0 Å². The lowest BCUT2D eigenvalue weighted by molar-refractivity contribution is 0.142. The summed E-state index contributed by atoms with van der Waals surface area (Å²) >= 11 is 3.72. The third-order valence-electron chi connectivity index (χ3n) is 4.57. The van der Waals surface area contributed by atoms with Crippen LogP contribution in [-0.4, -0.2) is 30.6 Å². The van der Waals surface area contributed by atoms with E-state index in [0.717, 1.165) is 6.04 Å². The van der Waals surface area contributed by atoms with Crippen molar-refractivity contribution < 1.29 is 0 Å². The SMILES string of the molecule is CCCN(C1CCNC1)C1CCc2c(Br)cccc21. The van der Waals surface area contributed by atoms with Crippen LogP contribution in [0.25, 0.3) is 0 Å². The Morgan fingerprint density at radius 3 is 3.00 bits per heavy atom. The summed E-state index contributed by atoms with van der Waals surface area (Å²) in [6, 6.07) is 8.08. The Balaban J connectivity index is 1.86. The van der Waals surface area contributed by atoms with Crippen LogP contribution >= 0.6 is 15.9 Å². The zero-order valence-electron chi connectivity index (χ0n) is 11.7. The molecule has 2 atom stereocenters. The van der Waals surface area contributed by atoms with E-state index in [1.54, 1.807) is 11.1 Å². The third-order valence-corrected chi connectivity index (χ3v) is 5.31. The molecule has 0 saturated carbocycles. The highest BCUT2D eigenvalue weighted by molar-refractivity contribution is 9.10. The van der Waals surface area contributed by atoms with Gasteiger partial charge in [-0.05, 0) is 56.0 Å². The van der Waals surface area contributed by atoms with Crippen molar-refractivity contribution in [3.8, 4) is 0 Å². The van der Waals surface area contributed by atoms with E-state index >= 15 is 0 Å². The molecule has 0 aromatic heterocycles. The van der Waals surface area contributed by atoms with E-state index in [-0.39, 0.29) is 0 Å². The minimum Gasteiger partial charge on any atom is -0.315 e. The fraction of sp³-hybridized carbons (Fsp3) is 0.625. The van der Waals surface area contributed by atoms with E-state index in [0.29, 0.717) is 6.04 Å². The van der Waals surface area contributed by atoms with Crippen molar-refractivity contribution in [3.63, 3.8) is 0 Å². The number of fused-ring (bicyclic) bond motifs is 1. The zero-order chi connectivity index (χ0) is 13.2. The predicted molar refractivity (Wildman–Crippen MR) is 83.5 cm³/mol. The fourth-order valence-electron chi connectivity index (χ4n) is 3.71. The Kier molecular flexibility index (Phi) is 4.25. The lowest BCUT2D eigenvalue weighted by Gasteiger charge is -2.34. The molecule has 0 amide bonds. The van der Waals surface area contributed by atoms with Crippen LogP contribution in [0.4, 0.5) is 0 Å². The molecule has 2 unspecified atom stereocenters. The molecule has 1 aliphatic heterocycles. The van der Waals surface area contributed by atoms with Crippen LogP contribution in [0.3, 0.4) is 0 Å². The highest BCUT2D eigenvalue weighted by atomic mass is 79.9. The van der Waals surface area contributed by atoms with Crippen LogP contribution in [-0.2, 0) is 6.42 Å². The summed E-state index contributed by atoms with van der Waals surface area (Å²) in [5, 5.41) is 3.52. The molecule has 1 aromatic carbocycles. The maximum Gasteiger partial charge on any atom is 0.0357 e. The molecule has 2 aliphatic rings. The van der Waals surface area contributed by atoms with E-state index in [2.05, 4.69) is 51.3 Å². The normalized spacial score (nSPS) is 26.1. The van der Waals surface area contributed by atoms with Crippen LogP contribution in [0.5, 0.6) is 0 Å². The highest BCUT2D eigenvalue weighted by Gasteiger charge is 2.33. The van der Waals surface area contributed by atoms with Crippen molar-refractivity contribution in [2.45, 2.75) is 44.7 Å².